The molecule has 5 heteroatoms. The van der Waals surface area contributed by atoms with E-state index in [-0.39, 0.29) is 50.2 Å². The first-order valence-electron chi connectivity index (χ1n) is 4.85. The van der Waals surface area contributed by atoms with Gasteiger partial charge in [-0.3, -0.25) is 4.90 Å². The van der Waals surface area contributed by atoms with Gasteiger partial charge in [-0.05, 0) is 19.4 Å². The standard InChI is InChI=1S/C9H19NO3.Ac/c1-3-10-5-4-9(11)6-8(10)7-13-12-2;/h8-9,11H,3-7H2,1-2H3;. The number of nitrogens with zero attached hydrogens (tertiary/aromatic N) is 1. The van der Waals surface area contributed by atoms with Gasteiger partial charge in [-0.25, -0.2) is 9.78 Å². The van der Waals surface area contributed by atoms with E-state index < -0.39 is 0 Å². The predicted octanol–water partition coefficient (Wildman–Crippen LogP) is 0.410. The maximum Gasteiger partial charge on any atom is 0.0978 e. The third kappa shape index (κ3) is 4.87. The summed E-state index contributed by atoms with van der Waals surface area (Å²) in [6.07, 6.45) is 1.49. The minimum Gasteiger partial charge on any atom is -0.393 e. The summed E-state index contributed by atoms with van der Waals surface area (Å²) in [7, 11) is 1.51. The Balaban J connectivity index is 0.00000169. The second-order valence-corrected chi connectivity index (χ2v) is 3.41. The molecule has 0 aliphatic carbocycles. The van der Waals surface area contributed by atoms with Gasteiger partial charge in [0.15, 0.2) is 0 Å². The molecule has 1 fully saturated rings. The third-order valence-electron chi connectivity index (χ3n) is 2.59. The molecule has 1 N–H and O–H groups in total. The molecule has 81 valence electrons. The van der Waals surface area contributed by atoms with Crippen LogP contribution in [0.4, 0.5) is 0 Å². The van der Waals surface area contributed by atoms with Gasteiger partial charge in [0.1, 0.15) is 0 Å². The van der Waals surface area contributed by atoms with E-state index in [1.807, 2.05) is 0 Å². The molecule has 14 heavy (non-hydrogen) atoms. The first-order valence-corrected chi connectivity index (χ1v) is 4.85. The van der Waals surface area contributed by atoms with Crippen LogP contribution in [-0.2, 0) is 9.78 Å². The fraction of sp³-hybridized carbons (Fsp3) is 1.00. The van der Waals surface area contributed by atoms with Gasteiger partial charge >= 0.3 is 0 Å². The minimum atomic E-state index is -0.173. The summed E-state index contributed by atoms with van der Waals surface area (Å²) < 4.78 is 0. The van der Waals surface area contributed by atoms with Crippen LogP contribution in [0.15, 0.2) is 0 Å². The van der Waals surface area contributed by atoms with Gasteiger partial charge in [0.05, 0.1) is 19.8 Å². The van der Waals surface area contributed by atoms with E-state index in [0.29, 0.717) is 12.6 Å². The molecule has 1 radical (unpaired) electrons. The molecule has 2 unspecified atom stereocenters. The molecule has 0 bridgehead atoms. The molecular formula is C9H19AcNO3. The van der Waals surface area contributed by atoms with Crippen molar-refractivity contribution in [2.45, 2.75) is 31.9 Å². The van der Waals surface area contributed by atoms with Crippen molar-refractivity contribution >= 4 is 0 Å². The van der Waals surface area contributed by atoms with Gasteiger partial charge in [-0.2, -0.15) is 0 Å². The van der Waals surface area contributed by atoms with Crippen LogP contribution < -0.4 is 0 Å². The summed E-state index contributed by atoms with van der Waals surface area (Å²) in [5.74, 6) is 0. The molecule has 0 saturated carbocycles. The fourth-order valence-electron chi connectivity index (χ4n) is 1.81. The van der Waals surface area contributed by atoms with Gasteiger partial charge in [0.25, 0.3) is 0 Å². The molecule has 2 atom stereocenters. The van der Waals surface area contributed by atoms with Crippen LogP contribution in [-0.4, -0.2) is 49.0 Å². The molecule has 0 spiro atoms. The van der Waals surface area contributed by atoms with E-state index in [9.17, 15) is 5.11 Å². The summed E-state index contributed by atoms with van der Waals surface area (Å²) in [4.78, 5) is 11.8. The van der Waals surface area contributed by atoms with Gasteiger partial charge in [-0.15, -0.1) is 0 Å². The zero-order valence-electron chi connectivity index (χ0n) is 8.98. The van der Waals surface area contributed by atoms with Crippen molar-refractivity contribution in [3.05, 3.63) is 0 Å². The molecule has 1 aliphatic rings. The Bertz CT molecular complexity index is 148. The van der Waals surface area contributed by atoms with Crippen molar-refractivity contribution in [3.8, 4) is 0 Å². The van der Waals surface area contributed by atoms with Crippen LogP contribution >= 0.6 is 0 Å². The monoisotopic (exact) mass is 416 g/mol. The van der Waals surface area contributed by atoms with Crippen molar-refractivity contribution in [1.82, 2.24) is 4.90 Å². The van der Waals surface area contributed by atoms with E-state index in [2.05, 4.69) is 16.7 Å². The number of hydrogen-bond donors (Lipinski definition) is 1. The largest absolute Gasteiger partial charge is 0.393 e. The molecular weight excluding hydrogens is 397 g/mol. The first-order chi connectivity index (χ1) is 6.27. The van der Waals surface area contributed by atoms with Gasteiger partial charge in [-0.1, -0.05) is 6.92 Å². The molecule has 4 nitrogen and oxygen atoms in total. The molecule has 1 rings (SSSR count). The fourth-order valence-corrected chi connectivity index (χ4v) is 1.81. The zero-order chi connectivity index (χ0) is 9.68. The SMILES string of the molecule is CCN1CCC(O)CC1COOC.[Ac]. The minimum absolute atomic E-state index is 0. The van der Waals surface area contributed by atoms with Gasteiger partial charge in [0.2, 0.25) is 0 Å². The van der Waals surface area contributed by atoms with Crippen molar-refractivity contribution < 1.29 is 58.9 Å². The summed E-state index contributed by atoms with van der Waals surface area (Å²) in [6, 6.07) is 0.300. The predicted molar refractivity (Wildman–Crippen MR) is 49.2 cm³/mol. The summed E-state index contributed by atoms with van der Waals surface area (Å²) in [5.41, 5.74) is 0. The molecule has 0 aromatic carbocycles. The summed E-state index contributed by atoms with van der Waals surface area (Å²) >= 11 is 0. The van der Waals surface area contributed by atoms with Crippen LogP contribution in [0.2, 0.25) is 0 Å². The molecule has 0 amide bonds. The molecule has 1 aliphatic heterocycles. The van der Waals surface area contributed by atoms with Crippen molar-refractivity contribution in [3.63, 3.8) is 0 Å². The van der Waals surface area contributed by atoms with Crippen LogP contribution in [0, 0.1) is 44.1 Å². The Morgan fingerprint density at radius 2 is 2.21 bits per heavy atom. The first kappa shape index (κ1) is 15.3. The number of aliphatic hydroxyl groups is 1. The van der Waals surface area contributed by atoms with Crippen molar-refractivity contribution in [2.24, 2.45) is 0 Å². The van der Waals surface area contributed by atoms with E-state index in [4.69, 9.17) is 4.89 Å². The number of aliphatic hydroxyl groups excluding tert-OH is 1. The summed E-state index contributed by atoms with van der Waals surface area (Å²) in [5, 5.41) is 9.47. The molecule has 1 saturated heterocycles. The smallest absolute Gasteiger partial charge is 0.0978 e. The topological polar surface area (TPSA) is 41.9 Å². The van der Waals surface area contributed by atoms with Crippen LogP contribution in [0.25, 0.3) is 0 Å². The maximum absolute atomic E-state index is 9.47. The van der Waals surface area contributed by atoms with Crippen molar-refractivity contribution in [2.75, 3.05) is 26.8 Å². The van der Waals surface area contributed by atoms with E-state index in [1.165, 1.54) is 7.11 Å². The Labute approximate surface area is 121 Å². The van der Waals surface area contributed by atoms with E-state index >= 15 is 0 Å². The normalized spacial score (nSPS) is 28.5. The van der Waals surface area contributed by atoms with Crippen LogP contribution in [0.1, 0.15) is 19.8 Å². The second kappa shape index (κ2) is 8.44. The molecule has 0 aromatic heterocycles. The quantitative estimate of drug-likeness (QED) is 0.533. The Morgan fingerprint density at radius 1 is 1.50 bits per heavy atom. The Morgan fingerprint density at radius 3 is 2.79 bits per heavy atom. The Hall–Kier alpha value is 1.28. The second-order valence-electron chi connectivity index (χ2n) is 3.41. The van der Waals surface area contributed by atoms with Gasteiger partial charge < -0.3 is 5.11 Å². The van der Waals surface area contributed by atoms with E-state index in [1.54, 1.807) is 0 Å². The molecule has 0 aromatic rings. The number of piperidine rings is 1. The van der Waals surface area contributed by atoms with Gasteiger partial charge in [0, 0.05) is 56.6 Å². The number of likely N-dealkylation sites (tertiary alicyclic amines) is 1. The average Bonchev–Trinajstić information content (AvgIpc) is 2.15. The van der Waals surface area contributed by atoms with E-state index in [0.717, 1.165) is 25.9 Å². The Kier molecular flexibility index (Phi) is 9.21. The van der Waals surface area contributed by atoms with Crippen molar-refractivity contribution in [1.29, 1.82) is 0 Å². The number of likely N-dealkylation sites (N-methyl/N-ethyl adjacent to an activating group) is 1. The maximum atomic E-state index is 9.47. The van der Waals surface area contributed by atoms with Crippen LogP contribution in [0.5, 0.6) is 0 Å². The average molecular weight is 416 g/mol. The number of hydrogen-bond acceptors (Lipinski definition) is 4. The van der Waals surface area contributed by atoms with Crippen LogP contribution in [0.3, 0.4) is 0 Å². The zero-order valence-corrected chi connectivity index (χ0v) is 13.7. The third-order valence-corrected chi connectivity index (χ3v) is 2.59. The number of rotatable bonds is 4. The summed E-state index contributed by atoms with van der Waals surface area (Å²) in [6.45, 7) is 4.62. The molecule has 1 heterocycles.